The first-order valence-corrected chi connectivity index (χ1v) is 3.51. The van der Waals surface area contributed by atoms with Gasteiger partial charge >= 0.3 is 0 Å². The van der Waals surface area contributed by atoms with E-state index in [2.05, 4.69) is 6.58 Å². The van der Waals surface area contributed by atoms with E-state index >= 15 is 0 Å². The molecule has 3 nitrogen and oxygen atoms in total. The minimum absolute atomic E-state index is 0.0440. The van der Waals surface area contributed by atoms with E-state index in [1.54, 1.807) is 13.0 Å². The van der Waals surface area contributed by atoms with E-state index in [0.717, 1.165) is 0 Å². The molecule has 3 heteroatoms. The predicted octanol–water partition coefficient (Wildman–Crippen LogP) is 2.14. The standard InChI is InChI=1S/C9H14O3/c1-5-7(11-3)9(10)8(6-2)12-4/h5-6,10H,1H2,2-4H3/b8-6+,9-7-. The minimum atomic E-state index is -0.0440. The molecule has 0 saturated carbocycles. The summed E-state index contributed by atoms with van der Waals surface area (Å²) in [6.07, 6.45) is 3.05. The molecule has 0 aliphatic heterocycles. The summed E-state index contributed by atoms with van der Waals surface area (Å²) in [6, 6.07) is 0. The zero-order valence-electron chi connectivity index (χ0n) is 7.63. The number of aliphatic hydroxyl groups excluding tert-OH is 1. The molecule has 0 heterocycles. The summed E-state index contributed by atoms with van der Waals surface area (Å²) in [5.74, 6) is 0.620. The number of ether oxygens (including phenoxy) is 2. The molecule has 0 aliphatic carbocycles. The lowest BCUT2D eigenvalue weighted by molar-refractivity contribution is 0.223. The highest BCUT2D eigenvalue weighted by Crippen LogP contribution is 2.13. The Morgan fingerprint density at radius 1 is 1.33 bits per heavy atom. The van der Waals surface area contributed by atoms with Gasteiger partial charge in [0, 0.05) is 0 Å². The van der Waals surface area contributed by atoms with Crippen LogP contribution < -0.4 is 0 Å². The topological polar surface area (TPSA) is 38.7 Å². The number of allylic oxidation sites excluding steroid dienone is 2. The van der Waals surface area contributed by atoms with Gasteiger partial charge in [-0.1, -0.05) is 6.58 Å². The van der Waals surface area contributed by atoms with Crippen LogP contribution in [-0.4, -0.2) is 19.3 Å². The van der Waals surface area contributed by atoms with Crippen molar-refractivity contribution in [1.29, 1.82) is 0 Å². The molecule has 0 radical (unpaired) electrons. The van der Waals surface area contributed by atoms with Crippen LogP contribution in [0.5, 0.6) is 0 Å². The lowest BCUT2D eigenvalue weighted by atomic mass is 10.3. The van der Waals surface area contributed by atoms with Crippen molar-refractivity contribution in [2.75, 3.05) is 14.2 Å². The molecule has 0 spiro atoms. The highest BCUT2D eigenvalue weighted by atomic mass is 16.5. The van der Waals surface area contributed by atoms with Crippen molar-refractivity contribution in [3.05, 3.63) is 36.0 Å². The maximum absolute atomic E-state index is 9.46. The van der Waals surface area contributed by atoms with E-state index < -0.39 is 0 Å². The van der Waals surface area contributed by atoms with Crippen LogP contribution in [0.2, 0.25) is 0 Å². The van der Waals surface area contributed by atoms with E-state index in [1.807, 2.05) is 0 Å². The van der Waals surface area contributed by atoms with Crippen LogP contribution in [0.15, 0.2) is 36.0 Å². The third-order valence-electron chi connectivity index (χ3n) is 1.35. The fourth-order valence-electron chi connectivity index (χ4n) is 0.749. The zero-order valence-corrected chi connectivity index (χ0v) is 7.63. The molecule has 0 aromatic rings. The molecule has 0 aliphatic rings. The van der Waals surface area contributed by atoms with Gasteiger partial charge < -0.3 is 14.6 Å². The second kappa shape index (κ2) is 5.29. The molecule has 12 heavy (non-hydrogen) atoms. The van der Waals surface area contributed by atoms with Gasteiger partial charge in [-0.2, -0.15) is 0 Å². The van der Waals surface area contributed by atoms with Crippen LogP contribution in [0, 0.1) is 0 Å². The molecular weight excluding hydrogens is 156 g/mol. The van der Waals surface area contributed by atoms with Crippen LogP contribution in [0.1, 0.15) is 6.92 Å². The van der Waals surface area contributed by atoms with Crippen LogP contribution in [0.3, 0.4) is 0 Å². The summed E-state index contributed by atoms with van der Waals surface area (Å²) < 4.78 is 9.71. The Morgan fingerprint density at radius 2 is 1.92 bits per heavy atom. The number of aliphatic hydroxyl groups is 1. The number of methoxy groups -OCH3 is 2. The zero-order chi connectivity index (χ0) is 9.56. The molecule has 0 unspecified atom stereocenters. The van der Waals surface area contributed by atoms with E-state index in [0.29, 0.717) is 11.5 Å². The van der Waals surface area contributed by atoms with E-state index in [4.69, 9.17) is 9.47 Å². The first-order valence-electron chi connectivity index (χ1n) is 3.51. The lowest BCUT2D eigenvalue weighted by Crippen LogP contribution is -1.97. The smallest absolute Gasteiger partial charge is 0.200 e. The van der Waals surface area contributed by atoms with Crippen molar-refractivity contribution < 1.29 is 14.6 Å². The Hall–Kier alpha value is -1.38. The van der Waals surface area contributed by atoms with Crippen molar-refractivity contribution in [3.63, 3.8) is 0 Å². The van der Waals surface area contributed by atoms with Gasteiger partial charge in [0.15, 0.2) is 17.3 Å². The molecule has 0 aromatic carbocycles. The molecule has 0 saturated heterocycles. The molecule has 1 N–H and O–H groups in total. The lowest BCUT2D eigenvalue weighted by Gasteiger charge is -2.07. The van der Waals surface area contributed by atoms with Gasteiger partial charge in [0.05, 0.1) is 14.2 Å². The number of hydrogen-bond donors (Lipinski definition) is 1. The van der Waals surface area contributed by atoms with E-state index in [-0.39, 0.29) is 5.76 Å². The van der Waals surface area contributed by atoms with Gasteiger partial charge in [-0.25, -0.2) is 0 Å². The molecule has 0 fully saturated rings. The van der Waals surface area contributed by atoms with Crippen LogP contribution in [0.4, 0.5) is 0 Å². The number of hydrogen-bond acceptors (Lipinski definition) is 3. The molecule has 0 atom stereocenters. The third-order valence-corrected chi connectivity index (χ3v) is 1.35. The van der Waals surface area contributed by atoms with Crippen molar-refractivity contribution in [3.8, 4) is 0 Å². The summed E-state index contributed by atoms with van der Waals surface area (Å²) in [4.78, 5) is 0. The maximum Gasteiger partial charge on any atom is 0.200 e. The average molecular weight is 170 g/mol. The fourth-order valence-corrected chi connectivity index (χ4v) is 0.749. The van der Waals surface area contributed by atoms with Gasteiger partial charge in [0.2, 0.25) is 0 Å². The Bertz CT molecular complexity index is 214. The van der Waals surface area contributed by atoms with Crippen molar-refractivity contribution >= 4 is 0 Å². The highest BCUT2D eigenvalue weighted by molar-refractivity contribution is 5.26. The summed E-state index contributed by atoms with van der Waals surface area (Å²) in [7, 11) is 2.93. The van der Waals surface area contributed by atoms with E-state index in [1.165, 1.54) is 20.3 Å². The minimum Gasteiger partial charge on any atom is -0.502 e. The van der Waals surface area contributed by atoms with Gasteiger partial charge in [-0.3, -0.25) is 0 Å². The van der Waals surface area contributed by atoms with Crippen LogP contribution >= 0.6 is 0 Å². The van der Waals surface area contributed by atoms with Crippen LogP contribution in [0.25, 0.3) is 0 Å². The number of rotatable bonds is 4. The van der Waals surface area contributed by atoms with Crippen LogP contribution in [-0.2, 0) is 9.47 Å². The Morgan fingerprint density at radius 3 is 2.17 bits per heavy atom. The summed E-state index contributed by atoms with van der Waals surface area (Å²) in [6.45, 7) is 5.23. The fraction of sp³-hybridized carbons (Fsp3) is 0.333. The molecule has 0 rings (SSSR count). The van der Waals surface area contributed by atoms with Crippen molar-refractivity contribution in [2.45, 2.75) is 6.92 Å². The summed E-state index contributed by atoms with van der Waals surface area (Å²) >= 11 is 0. The first-order chi connectivity index (χ1) is 5.71. The second-order valence-corrected chi connectivity index (χ2v) is 1.98. The second-order valence-electron chi connectivity index (χ2n) is 1.98. The quantitative estimate of drug-likeness (QED) is 0.519. The molecule has 0 aromatic heterocycles. The Labute approximate surface area is 72.6 Å². The summed E-state index contributed by atoms with van der Waals surface area (Å²) in [5, 5.41) is 9.46. The van der Waals surface area contributed by atoms with Crippen molar-refractivity contribution in [1.82, 2.24) is 0 Å². The van der Waals surface area contributed by atoms with Gasteiger partial charge in [-0.15, -0.1) is 0 Å². The normalized spacial score (nSPS) is 13.4. The first kappa shape index (κ1) is 10.6. The molecule has 0 bridgehead atoms. The molecule has 0 amide bonds. The van der Waals surface area contributed by atoms with Gasteiger partial charge in [0.25, 0.3) is 0 Å². The maximum atomic E-state index is 9.46. The van der Waals surface area contributed by atoms with Gasteiger partial charge in [-0.05, 0) is 19.1 Å². The largest absolute Gasteiger partial charge is 0.502 e. The van der Waals surface area contributed by atoms with Gasteiger partial charge in [0.1, 0.15) is 0 Å². The molecule has 68 valence electrons. The SMILES string of the molecule is C=C/C(OC)=C(O)\C(=C/C)OC. The molecular formula is C9H14O3. The summed E-state index contributed by atoms with van der Waals surface area (Å²) in [5.41, 5.74) is 0. The Balaban J connectivity index is 4.84. The predicted molar refractivity (Wildman–Crippen MR) is 47.6 cm³/mol. The highest BCUT2D eigenvalue weighted by Gasteiger charge is 2.07. The third kappa shape index (κ3) is 2.34. The van der Waals surface area contributed by atoms with Crippen molar-refractivity contribution in [2.24, 2.45) is 0 Å². The average Bonchev–Trinajstić information content (AvgIpc) is 2.09. The Kier molecular flexibility index (Phi) is 4.69. The van der Waals surface area contributed by atoms with E-state index in [9.17, 15) is 5.11 Å². The monoisotopic (exact) mass is 170 g/mol.